The molecule has 0 aromatic rings. The summed E-state index contributed by atoms with van der Waals surface area (Å²) in [7, 11) is 1.67. The molecular weight excluding hydrogens is 690 g/mol. The lowest BCUT2D eigenvalue weighted by Gasteiger charge is -2.35. The van der Waals surface area contributed by atoms with E-state index in [2.05, 4.69) is 21.3 Å². The number of hydrogen-bond acceptors (Lipinski definition) is 9. The molecule has 4 aliphatic rings. The largest absolute Gasteiger partial charge is 0.375 e. The molecule has 0 spiro atoms. The predicted molar refractivity (Wildman–Crippen MR) is 207 cm³/mol. The monoisotopic (exact) mass is 762 g/mol. The third-order valence-electron chi connectivity index (χ3n) is 12.2. The Labute approximate surface area is 323 Å². The quantitative estimate of drug-likeness (QED) is 0.191. The van der Waals surface area contributed by atoms with E-state index in [-0.39, 0.29) is 43.7 Å². The van der Waals surface area contributed by atoms with Gasteiger partial charge in [-0.1, -0.05) is 84.5 Å². The van der Waals surface area contributed by atoms with Crippen LogP contribution in [0.4, 0.5) is 0 Å². The van der Waals surface area contributed by atoms with Gasteiger partial charge in [-0.15, -0.1) is 0 Å². The van der Waals surface area contributed by atoms with Crippen LogP contribution in [0.25, 0.3) is 0 Å². The first-order chi connectivity index (χ1) is 25.9. The second-order valence-electron chi connectivity index (χ2n) is 16.7. The minimum absolute atomic E-state index is 0.0426. The van der Waals surface area contributed by atoms with Gasteiger partial charge in [0.1, 0.15) is 24.2 Å². The second-order valence-corrected chi connectivity index (χ2v) is 16.7. The van der Waals surface area contributed by atoms with Gasteiger partial charge in [-0.3, -0.25) is 24.0 Å². The van der Waals surface area contributed by atoms with Gasteiger partial charge in [0, 0.05) is 25.7 Å². The van der Waals surface area contributed by atoms with Crippen molar-refractivity contribution >= 4 is 29.5 Å². The topological polar surface area (TPSA) is 207 Å². The summed E-state index contributed by atoms with van der Waals surface area (Å²) in [6, 6.07) is -4.40. The maximum atomic E-state index is 14.3. The lowest BCUT2D eigenvalue weighted by Crippen LogP contribution is -2.62. The van der Waals surface area contributed by atoms with Gasteiger partial charge in [0.2, 0.25) is 29.5 Å². The van der Waals surface area contributed by atoms with E-state index < -0.39 is 65.9 Å². The first kappa shape index (κ1) is 43.9. The fraction of sp³-hybridized carbons (Fsp3) is 0.875. The molecule has 0 radical (unpaired) electrons. The summed E-state index contributed by atoms with van der Waals surface area (Å²) in [4.78, 5) is 71.8. The highest BCUT2D eigenvalue weighted by molar-refractivity contribution is 5.96. The zero-order valence-corrected chi connectivity index (χ0v) is 33.5. The Hall–Kier alpha value is -2.81. The van der Waals surface area contributed by atoms with Gasteiger partial charge in [-0.25, -0.2) is 0 Å². The molecule has 5 amide bonds. The van der Waals surface area contributed by atoms with Crippen LogP contribution in [0.15, 0.2) is 0 Å². The normalized spacial score (nSPS) is 34.1. The Morgan fingerprint density at radius 1 is 0.778 bits per heavy atom. The van der Waals surface area contributed by atoms with Crippen molar-refractivity contribution in [1.29, 1.82) is 0 Å². The number of carbonyl (C=O) groups excluding carboxylic acids is 5. The van der Waals surface area contributed by atoms with E-state index in [0.717, 1.165) is 64.2 Å². The molecule has 1 saturated heterocycles. The zero-order chi connectivity index (χ0) is 39.2. The van der Waals surface area contributed by atoms with E-state index in [1.807, 2.05) is 20.8 Å². The van der Waals surface area contributed by atoms with Gasteiger partial charge >= 0.3 is 0 Å². The van der Waals surface area contributed by atoms with E-state index in [4.69, 9.17) is 20.9 Å². The second kappa shape index (κ2) is 22.1. The lowest BCUT2D eigenvalue weighted by atomic mass is 9.88. The van der Waals surface area contributed by atoms with Gasteiger partial charge in [0.05, 0.1) is 31.3 Å². The predicted octanol–water partition coefficient (Wildman–Crippen LogP) is 2.40. The summed E-state index contributed by atoms with van der Waals surface area (Å²) in [5.74, 6) is -2.50. The number of amides is 5. The number of hydrogen-bond donors (Lipinski definition) is 6. The molecule has 7 atom stereocenters. The Balaban J connectivity index is 1.66. The van der Waals surface area contributed by atoms with Crippen molar-refractivity contribution in [3.8, 4) is 0 Å². The van der Waals surface area contributed by atoms with Crippen molar-refractivity contribution in [2.45, 2.75) is 178 Å². The van der Waals surface area contributed by atoms with E-state index in [1.165, 1.54) is 17.7 Å². The number of rotatable bonds is 9. The number of likely N-dealkylation sites (N-methyl/N-ethyl adjacent to an activating group) is 1. The molecule has 0 bridgehead atoms. The van der Waals surface area contributed by atoms with Crippen LogP contribution in [0.5, 0.6) is 0 Å². The zero-order valence-electron chi connectivity index (χ0n) is 33.5. The number of nitrogens with zero attached hydrogens (tertiary/aromatic N) is 1. The maximum absolute atomic E-state index is 14.3. The van der Waals surface area contributed by atoms with Crippen LogP contribution >= 0.6 is 0 Å². The first-order valence-corrected chi connectivity index (χ1v) is 21.1. The highest BCUT2D eigenvalue weighted by Gasteiger charge is 2.39. The lowest BCUT2D eigenvalue weighted by molar-refractivity contribution is -0.147. The van der Waals surface area contributed by atoms with Crippen LogP contribution in [0.1, 0.15) is 130 Å². The fourth-order valence-electron chi connectivity index (χ4n) is 8.62. The standard InChI is InChI=1S/C40H71N7O7/c1-5-14-33-38(50)46-35(28-17-12-8-9-13-18-28)39(51)44-31(22-41)36(48)45-32(24-53-30-20-29(42)21-30)37(49)43-25(2)23-54-34(26(3)40(52)47(33)4)19-27-15-10-6-7-11-16-27/h25-35H,5-24,41-42H2,1-4H3,(H,43,49)(H,44,51)(H,45,48)(H,46,50)/t25-,26-,29?,30?,31+,32+,33+,34-,35+/m1/s1. The summed E-state index contributed by atoms with van der Waals surface area (Å²) in [5, 5.41) is 11.6. The van der Waals surface area contributed by atoms with Crippen molar-refractivity contribution in [1.82, 2.24) is 26.2 Å². The molecule has 14 nitrogen and oxygen atoms in total. The summed E-state index contributed by atoms with van der Waals surface area (Å²) >= 11 is 0. The summed E-state index contributed by atoms with van der Waals surface area (Å²) in [6.45, 7) is 5.50. The number of nitrogens with two attached hydrogens (primary N) is 2. The maximum Gasteiger partial charge on any atom is 0.245 e. The minimum Gasteiger partial charge on any atom is -0.375 e. The summed E-state index contributed by atoms with van der Waals surface area (Å²) in [5.41, 5.74) is 12.0. The molecule has 4 fully saturated rings. The van der Waals surface area contributed by atoms with Gasteiger partial charge in [-0.2, -0.15) is 0 Å². The minimum atomic E-state index is -1.17. The molecule has 8 N–H and O–H groups in total. The average molecular weight is 762 g/mol. The van der Waals surface area contributed by atoms with E-state index in [0.29, 0.717) is 38.0 Å². The van der Waals surface area contributed by atoms with Gasteiger partial charge in [-0.05, 0) is 57.3 Å². The molecule has 1 aliphatic heterocycles. The van der Waals surface area contributed by atoms with Crippen LogP contribution in [0.2, 0.25) is 0 Å². The molecular formula is C40H71N7O7. The summed E-state index contributed by atoms with van der Waals surface area (Å²) < 4.78 is 12.5. The molecule has 54 heavy (non-hydrogen) atoms. The molecule has 1 heterocycles. The van der Waals surface area contributed by atoms with Crippen LogP contribution in [0.3, 0.4) is 0 Å². The van der Waals surface area contributed by atoms with Crippen molar-refractivity contribution in [3.05, 3.63) is 0 Å². The molecule has 3 saturated carbocycles. The SMILES string of the molecule is CCC[C@H]1C(=O)N[C@@H](C2CCCCCC2)C(=O)N[C@@H](CN)C(=O)N[C@@H](COC2CC(N)C2)C(=O)N[C@H](C)CO[C@H](CC2CCCCCC2)[C@@H](C)C(=O)N1C. The Morgan fingerprint density at radius 2 is 1.37 bits per heavy atom. The van der Waals surface area contributed by atoms with Gasteiger partial charge < -0.3 is 47.1 Å². The molecule has 14 heteroatoms. The molecule has 308 valence electrons. The van der Waals surface area contributed by atoms with Gasteiger partial charge in [0.25, 0.3) is 0 Å². The molecule has 4 rings (SSSR count). The number of nitrogens with one attached hydrogen (secondary N) is 4. The third-order valence-corrected chi connectivity index (χ3v) is 12.2. The van der Waals surface area contributed by atoms with Crippen molar-refractivity contribution in [2.75, 3.05) is 26.8 Å². The molecule has 0 unspecified atom stereocenters. The van der Waals surface area contributed by atoms with Crippen LogP contribution in [0, 0.1) is 17.8 Å². The van der Waals surface area contributed by atoms with Crippen LogP contribution in [-0.4, -0.2) is 110 Å². The fourth-order valence-corrected chi connectivity index (χ4v) is 8.62. The highest BCUT2D eigenvalue weighted by Crippen LogP contribution is 2.31. The number of ether oxygens (including phenoxy) is 2. The van der Waals surface area contributed by atoms with Crippen molar-refractivity contribution < 1.29 is 33.4 Å². The summed E-state index contributed by atoms with van der Waals surface area (Å²) in [6.07, 6.45) is 14.8. The Kier molecular flexibility index (Phi) is 17.9. The Bertz CT molecular complexity index is 1220. The molecule has 0 aromatic heterocycles. The van der Waals surface area contributed by atoms with E-state index in [1.54, 1.807) is 7.05 Å². The first-order valence-electron chi connectivity index (χ1n) is 21.1. The average Bonchev–Trinajstić information content (AvgIpc) is 3.58. The molecule has 0 aromatic carbocycles. The van der Waals surface area contributed by atoms with Crippen LogP contribution in [-0.2, 0) is 33.4 Å². The van der Waals surface area contributed by atoms with Gasteiger partial charge in [0.15, 0.2) is 0 Å². The van der Waals surface area contributed by atoms with E-state index in [9.17, 15) is 24.0 Å². The molecule has 3 aliphatic carbocycles. The van der Waals surface area contributed by atoms with E-state index >= 15 is 0 Å². The number of carbonyl (C=O) groups is 5. The highest BCUT2D eigenvalue weighted by atomic mass is 16.5. The smallest absolute Gasteiger partial charge is 0.245 e. The Morgan fingerprint density at radius 3 is 1.96 bits per heavy atom. The van der Waals surface area contributed by atoms with Crippen LogP contribution < -0.4 is 32.7 Å². The third kappa shape index (κ3) is 12.9. The van der Waals surface area contributed by atoms with Crippen molar-refractivity contribution in [3.63, 3.8) is 0 Å². The van der Waals surface area contributed by atoms with Crippen molar-refractivity contribution in [2.24, 2.45) is 29.2 Å².